The van der Waals surface area contributed by atoms with Crippen LogP contribution in [0.1, 0.15) is 79.3 Å². The summed E-state index contributed by atoms with van der Waals surface area (Å²) in [7, 11) is 0. The molecule has 0 radical (unpaired) electrons. The van der Waals surface area contributed by atoms with Crippen LogP contribution in [-0.4, -0.2) is 39.0 Å². The minimum atomic E-state index is -0.365. The number of aryl methyl sites for hydroxylation is 1. The number of aromatic nitrogens is 3. The molecule has 1 amide bonds. The monoisotopic (exact) mass is 556 g/mol. The van der Waals surface area contributed by atoms with E-state index in [0.29, 0.717) is 40.6 Å². The van der Waals surface area contributed by atoms with Crippen LogP contribution in [0.25, 0.3) is 0 Å². The number of hydrogen-bond donors (Lipinski definition) is 1. The maximum atomic E-state index is 13.0. The lowest BCUT2D eigenvalue weighted by Gasteiger charge is -2.18. The Bertz CT molecular complexity index is 1270. The van der Waals surface area contributed by atoms with Crippen molar-refractivity contribution in [1.82, 2.24) is 14.8 Å². The summed E-state index contributed by atoms with van der Waals surface area (Å²) in [5.74, 6) is 1.63. The van der Waals surface area contributed by atoms with E-state index in [4.69, 9.17) is 9.47 Å². The minimum Gasteiger partial charge on any atom is -0.483 e. The van der Waals surface area contributed by atoms with E-state index in [1.807, 2.05) is 30.5 Å². The van der Waals surface area contributed by atoms with Gasteiger partial charge in [-0.3, -0.25) is 4.79 Å². The summed E-state index contributed by atoms with van der Waals surface area (Å²) >= 11 is 2.82. The highest BCUT2D eigenvalue weighted by atomic mass is 32.2. The number of benzene rings is 1. The number of thiophene rings is 1. The number of ether oxygens (including phenoxy) is 2. The van der Waals surface area contributed by atoms with Gasteiger partial charge in [0.05, 0.1) is 17.9 Å². The fourth-order valence-electron chi connectivity index (χ4n) is 4.62. The lowest BCUT2D eigenvalue weighted by Crippen LogP contribution is -2.18. The van der Waals surface area contributed by atoms with E-state index in [1.165, 1.54) is 33.5 Å². The number of carbonyl (C=O) groups is 2. The molecule has 0 bridgehead atoms. The molecule has 2 unspecified atom stereocenters. The Labute approximate surface area is 232 Å². The fourth-order valence-corrected chi connectivity index (χ4v) is 6.84. The van der Waals surface area contributed by atoms with E-state index < -0.39 is 0 Å². The van der Waals surface area contributed by atoms with Crippen molar-refractivity contribution in [2.45, 2.75) is 78.1 Å². The first-order valence-electron chi connectivity index (χ1n) is 13.3. The largest absolute Gasteiger partial charge is 0.483 e. The van der Waals surface area contributed by atoms with Gasteiger partial charge in [0, 0.05) is 11.4 Å². The molecule has 8 nitrogen and oxygen atoms in total. The highest BCUT2D eigenvalue weighted by Gasteiger charge is 2.29. The molecule has 2 atom stereocenters. The number of rotatable bonds is 11. The average Bonchev–Trinajstić information content (AvgIpc) is 3.48. The zero-order chi connectivity index (χ0) is 27.2. The second-order valence-corrected chi connectivity index (χ2v) is 11.5. The molecule has 1 N–H and O–H groups in total. The van der Waals surface area contributed by atoms with E-state index in [-0.39, 0.29) is 23.7 Å². The van der Waals surface area contributed by atoms with Crippen molar-refractivity contribution in [2.24, 2.45) is 5.92 Å². The van der Waals surface area contributed by atoms with Gasteiger partial charge in [0.15, 0.2) is 17.1 Å². The number of carbonyl (C=O) groups excluding carboxylic acids is 2. The summed E-state index contributed by atoms with van der Waals surface area (Å²) in [6.07, 6.45) is 3.46. The van der Waals surface area contributed by atoms with Gasteiger partial charge in [0.2, 0.25) is 5.91 Å². The first kappa shape index (κ1) is 28.2. The molecule has 1 aromatic carbocycles. The highest BCUT2D eigenvalue weighted by Crippen LogP contribution is 2.40. The molecule has 204 valence electrons. The molecule has 0 saturated carbocycles. The van der Waals surface area contributed by atoms with Crippen LogP contribution in [0.2, 0.25) is 0 Å². The van der Waals surface area contributed by atoms with Crippen LogP contribution in [0, 0.1) is 5.92 Å². The summed E-state index contributed by atoms with van der Waals surface area (Å²) < 4.78 is 13.4. The summed E-state index contributed by atoms with van der Waals surface area (Å²) in [5.41, 5.74) is 2.81. The van der Waals surface area contributed by atoms with Crippen molar-refractivity contribution < 1.29 is 19.1 Å². The molecule has 10 heteroatoms. The van der Waals surface area contributed by atoms with Gasteiger partial charge in [-0.2, -0.15) is 0 Å². The number of amides is 1. The van der Waals surface area contributed by atoms with Crippen LogP contribution in [0.4, 0.5) is 5.00 Å². The lowest BCUT2D eigenvalue weighted by atomic mass is 9.88. The van der Waals surface area contributed by atoms with Crippen LogP contribution in [-0.2, 0) is 35.3 Å². The van der Waals surface area contributed by atoms with E-state index in [0.717, 1.165) is 37.0 Å². The van der Waals surface area contributed by atoms with Crippen LogP contribution >= 0.6 is 23.1 Å². The molecule has 1 aliphatic rings. The molecule has 4 rings (SSSR count). The summed E-state index contributed by atoms with van der Waals surface area (Å²) in [4.78, 5) is 26.9. The highest BCUT2D eigenvalue weighted by molar-refractivity contribution is 7.99. The van der Waals surface area contributed by atoms with Crippen molar-refractivity contribution in [2.75, 3.05) is 17.7 Å². The number of thioether (sulfide) groups is 1. The van der Waals surface area contributed by atoms with Gasteiger partial charge < -0.3 is 19.4 Å². The van der Waals surface area contributed by atoms with Gasteiger partial charge in [-0.25, -0.2) is 4.79 Å². The molecule has 0 spiro atoms. The molecule has 1 aliphatic carbocycles. The molecule has 0 aliphatic heterocycles. The van der Waals surface area contributed by atoms with Crippen molar-refractivity contribution in [3.8, 4) is 5.75 Å². The number of nitrogens with zero attached hydrogens (tertiary/aromatic N) is 3. The predicted molar refractivity (Wildman–Crippen MR) is 151 cm³/mol. The van der Waals surface area contributed by atoms with Crippen LogP contribution < -0.4 is 10.1 Å². The molecule has 0 fully saturated rings. The summed E-state index contributed by atoms with van der Waals surface area (Å²) in [5, 5.41) is 12.9. The SMILES string of the molecule is CCOC(=O)c1c(NC(=O)CSc2nnc(C(C)Oc3ccc(CC)cc3)n2CC)sc2c1CCC(C)C2. The zero-order valence-corrected chi connectivity index (χ0v) is 24.3. The smallest absolute Gasteiger partial charge is 0.341 e. The lowest BCUT2D eigenvalue weighted by molar-refractivity contribution is -0.113. The average molecular weight is 557 g/mol. The second-order valence-electron chi connectivity index (χ2n) is 9.46. The molecular weight excluding hydrogens is 520 g/mol. The van der Waals surface area contributed by atoms with Crippen LogP contribution in [0.15, 0.2) is 29.4 Å². The number of nitrogens with one attached hydrogen (secondary N) is 1. The maximum absolute atomic E-state index is 13.0. The third-order valence-electron chi connectivity index (χ3n) is 6.65. The molecule has 38 heavy (non-hydrogen) atoms. The first-order chi connectivity index (χ1) is 18.3. The van der Waals surface area contributed by atoms with E-state index >= 15 is 0 Å². The van der Waals surface area contributed by atoms with Crippen molar-refractivity contribution >= 4 is 40.0 Å². The van der Waals surface area contributed by atoms with Crippen LogP contribution in [0.3, 0.4) is 0 Å². The Hall–Kier alpha value is -2.85. The van der Waals surface area contributed by atoms with Gasteiger partial charge in [0.25, 0.3) is 0 Å². The third kappa shape index (κ3) is 6.40. The van der Waals surface area contributed by atoms with Crippen LogP contribution in [0.5, 0.6) is 5.75 Å². The minimum absolute atomic E-state index is 0.146. The molecule has 0 saturated heterocycles. The Morgan fingerprint density at radius 2 is 1.97 bits per heavy atom. The van der Waals surface area contributed by atoms with Gasteiger partial charge in [0.1, 0.15) is 10.8 Å². The van der Waals surface area contributed by atoms with Crippen molar-refractivity contribution in [1.29, 1.82) is 0 Å². The van der Waals surface area contributed by atoms with E-state index in [2.05, 4.69) is 41.5 Å². The van der Waals surface area contributed by atoms with Crippen molar-refractivity contribution in [3.05, 3.63) is 51.7 Å². The fraction of sp³-hybridized carbons (Fsp3) is 0.500. The Morgan fingerprint density at radius 1 is 1.21 bits per heavy atom. The number of fused-ring (bicyclic) bond motifs is 1. The van der Waals surface area contributed by atoms with E-state index in [9.17, 15) is 9.59 Å². The standard InChI is InChI=1S/C28H36N4O4S2/c1-6-19-10-12-20(13-11-19)36-18(5)25-30-31-28(32(25)7-2)37-16-23(33)29-26-24(27(34)35-8-3)21-14-9-17(4)15-22(21)38-26/h10-13,17-18H,6-9,14-16H2,1-5H3,(H,29,33). The normalized spacial score (nSPS) is 15.6. The Kier molecular flexibility index (Phi) is 9.49. The quantitative estimate of drug-likeness (QED) is 0.225. The first-order valence-corrected chi connectivity index (χ1v) is 15.1. The van der Waals surface area contributed by atoms with Gasteiger partial charge in [-0.05, 0) is 75.6 Å². The molecular formula is C28H36N4O4S2. The summed E-state index contributed by atoms with van der Waals surface area (Å²) in [6, 6.07) is 8.06. The molecule has 2 aromatic heterocycles. The molecule has 2 heterocycles. The molecule has 3 aromatic rings. The Balaban J connectivity index is 1.43. The van der Waals surface area contributed by atoms with Gasteiger partial charge in [-0.1, -0.05) is 37.7 Å². The third-order valence-corrected chi connectivity index (χ3v) is 8.78. The van der Waals surface area contributed by atoms with Crippen molar-refractivity contribution in [3.63, 3.8) is 0 Å². The van der Waals surface area contributed by atoms with E-state index in [1.54, 1.807) is 6.92 Å². The van der Waals surface area contributed by atoms with Gasteiger partial charge >= 0.3 is 5.97 Å². The topological polar surface area (TPSA) is 95.3 Å². The van der Waals surface area contributed by atoms with Gasteiger partial charge in [-0.15, -0.1) is 21.5 Å². The predicted octanol–water partition coefficient (Wildman–Crippen LogP) is 6.09. The summed E-state index contributed by atoms with van der Waals surface area (Å²) in [6.45, 7) is 11.0. The number of anilines is 1. The number of esters is 1. The number of hydrogen-bond acceptors (Lipinski definition) is 8. The zero-order valence-electron chi connectivity index (χ0n) is 22.7. The Morgan fingerprint density at radius 3 is 2.66 bits per heavy atom. The second kappa shape index (κ2) is 12.8. The maximum Gasteiger partial charge on any atom is 0.341 e.